The van der Waals surface area contributed by atoms with Crippen molar-refractivity contribution < 1.29 is 4.39 Å². The predicted molar refractivity (Wildman–Crippen MR) is 112 cm³/mol. The van der Waals surface area contributed by atoms with E-state index >= 15 is 0 Å². The Bertz CT molecular complexity index is 1270. The van der Waals surface area contributed by atoms with Crippen molar-refractivity contribution in [1.82, 2.24) is 29.7 Å². The summed E-state index contributed by atoms with van der Waals surface area (Å²) in [5.74, 6) is 0.568. The highest BCUT2D eigenvalue weighted by Crippen LogP contribution is 2.38. The Hall–Kier alpha value is -3.82. The van der Waals surface area contributed by atoms with Crippen LogP contribution in [0.25, 0.3) is 44.4 Å². The first-order valence-electron chi connectivity index (χ1n) is 9.96. The maximum absolute atomic E-state index is 14.8. The van der Waals surface area contributed by atoms with Crippen LogP contribution in [0.3, 0.4) is 0 Å². The van der Waals surface area contributed by atoms with Crippen LogP contribution in [0, 0.1) is 5.82 Å². The third-order valence-corrected chi connectivity index (χ3v) is 5.74. The summed E-state index contributed by atoms with van der Waals surface area (Å²) in [5.41, 5.74) is 17.7. The minimum absolute atomic E-state index is 0.274. The second kappa shape index (κ2) is 7.78. The van der Waals surface area contributed by atoms with Gasteiger partial charge in [0.2, 0.25) is 0 Å². The molecule has 0 spiro atoms. The summed E-state index contributed by atoms with van der Waals surface area (Å²) < 4.78 is 16.7. The zero-order chi connectivity index (χ0) is 21.4. The van der Waals surface area contributed by atoms with Gasteiger partial charge in [0.25, 0.3) is 0 Å². The molecule has 156 valence electrons. The molecular formula is C20H19FN10. The molecule has 5 rings (SSSR count). The number of benzene rings is 1. The maximum atomic E-state index is 14.8. The Morgan fingerprint density at radius 3 is 2.90 bits per heavy atom. The van der Waals surface area contributed by atoms with Crippen molar-refractivity contribution in [3.63, 3.8) is 0 Å². The molecule has 11 heteroatoms. The molecule has 4 aromatic rings. The molecule has 3 heterocycles. The fourth-order valence-corrected chi connectivity index (χ4v) is 4.32. The lowest BCUT2D eigenvalue weighted by Gasteiger charge is -2.35. The highest BCUT2D eigenvalue weighted by molar-refractivity contribution is 5.83. The Morgan fingerprint density at radius 2 is 2.13 bits per heavy atom. The van der Waals surface area contributed by atoms with Crippen LogP contribution in [0.1, 0.15) is 25.3 Å². The first-order valence-corrected chi connectivity index (χ1v) is 9.96. The molecule has 0 bridgehead atoms. The van der Waals surface area contributed by atoms with Crippen molar-refractivity contribution in [2.45, 2.75) is 37.4 Å². The van der Waals surface area contributed by atoms with E-state index in [0.29, 0.717) is 28.4 Å². The number of fused-ring (bicyclic) bond motifs is 1. The lowest BCUT2D eigenvalue weighted by Crippen LogP contribution is -2.43. The average Bonchev–Trinajstić information content (AvgIpc) is 3.43. The van der Waals surface area contributed by atoms with Gasteiger partial charge in [-0.3, -0.25) is 10.1 Å². The smallest absolute Gasteiger partial charge is 0.174 e. The van der Waals surface area contributed by atoms with Crippen LogP contribution >= 0.6 is 0 Å². The SMILES string of the molecule is [N-]=[N+]=N[C@@H]1[C@H](n2c(-c3ccccc3F)nc3cnc(-c4ncn[nH]4)cc32)CCC[C@@H]1N. The molecule has 10 nitrogen and oxygen atoms in total. The van der Waals surface area contributed by atoms with E-state index in [2.05, 4.69) is 30.2 Å². The molecule has 1 fully saturated rings. The van der Waals surface area contributed by atoms with Crippen LogP contribution in [0.15, 0.2) is 48.0 Å². The number of azide groups is 1. The predicted octanol–water partition coefficient (Wildman–Crippen LogP) is 3.75. The summed E-state index contributed by atoms with van der Waals surface area (Å²) in [4.78, 5) is 16.3. The summed E-state index contributed by atoms with van der Waals surface area (Å²) in [7, 11) is 0. The summed E-state index contributed by atoms with van der Waals surface area (Å²) >= 11 is 0. The minimum atomic E-state index is -0.483. The molecule has 1 aliphatic carbocycles. The van der Waals surface area contributed by atoms with Gasteiger partial charge in [-0.1, -0.05) is 17.2 Å². The number of H-pyrrole nitrogens is 1. The van der Waals surface area contributed by atoms with E-state index in [1.807, 2.05) is 10.6 Å². The molecule has 1 saturated carbocycles. The number of hydrogen-bond donors (Lipinski definition) is 2. The number of hydrogen-bond acceptors (Lipinski definition) is 6. The number of imidazole rings is 1. The Labute approximate surface area is 176 Å². The molecule has 31 heavy (non-hydrogen) atoms. The molecule has 0 unspecified atom stereocenters. The van der Waals surface area contributed by atoms with Crippen molar-refractivity contribution >= 4 is 11.0 Å². The quantitative estimate of drug-likeness (QED) is 0.294. The molecule has 3 atom stereocenters. The van der Waals surface area contributed by atoms with Crippen molar-refractivity contribution in [3.05, 3.63) is 59.1 Å². The highest BCUT2D eigenvalue weighted by Gasteiger charge is 2.34. The summed E-state index contributed by atoms with van der Waals surface area (Å²) in [6.45, 7) is 0. The highest BCUT2D eigenvalue weighted by atomic mass is 19.1. The Kier molecular flexibility index (Phi) is 4.81. The monoisotopic (exact) mass is 418 g/mol. The summed E-state index contributed by atoms with van der Waals surface area (Å²) in [6, 6.07) is 7.26. The molecule has 1 aliphatic rings. The lowest BCUT2D eigenvalue weighted by atomic mass is 9.86. The van der Waals surface area contributed by atoms with Crippen molar-refractivity contribution in [3.8, 4) is 22.9 Å². The van der Waals surface area contributed by atoms with E-state index in [4.69, 9.17) is 16.2 Å². The van der Waals surface area contributed by atoms with E-state index in [0.717, 1.165) is 24.8 Å². The Balaban J connectivity index is 1.78. The van der Waals surface area contributed by atoms with Crippen LogP contribution in [0.4, 0.5) is 4.39 Å². The van der Waals surface area contributed by atoms with Crippen molar-refractivity contribution in [2.24, 2.45) is 10.8 Å². The van der Waals surface area contributed by atoms with Crippen molar-refractivity contribution in [1.29, 1.82) is 0 Å². The van der Waals surface area contributed by atoms with Crippen LogP contribution in [0.2, 0.25) is 0 Å². The first-order chi connectivity index (χ1) is 15.2. The molecule has 3 N–H and O–H groups in total. The van der Waals surface area contributed by atoms with Gasteiger partial charge in [-0.2, -0.15) is 5.10 Å². The van der Waals surface area contributed by atoms with Crippen LogP contribution in [-0.2, 0) is 0 Å². The fraction of sp³-hybridized carbons (Fsp3) is 0.300. The second-order valence-electron chi connectivity index (χ2n) is 7.54. The molecular weight excluding hydrogens is 399 g/mol. The van der Waals surface area contributed by atoms with E-state index in [1.165, 1.54) is 12.4 Å². The van der Waals surface area contributed by atoms with Crippen LogP contribution < -0.4 is 5.73 Å². The number of pyridine rings is 1. The van der Waals surface area contributed by atoms with Crippen molar-refractivity contribution in [2.75, 3.05) is 0 Å². The second-order valence-corrected chi connectivity index (χ2v) is 7.54. The van der Waals surface area contributed by atoms with E-state index in [-0.39, 0.29) is 17.9 Å². The Morgan fingerprint density at radius 1 is 1.26 bits per heavy atom. The topological polar surface area (TPSA) is 147 Å². The van der Waals surface area contributed by atoms with Gasteiger partial charge in [-0.15, -0.1) is 0 Å². The molecule has 3 aromatic heterocycles. The summed E-state index contributed by atoms with van der Waals surface area (Å²) in [6.07, 6.45) is 5.37. The van der Waals surface area contributed by atoms with Gasteiger partial charge in [-0.25, -0.2) is 14.4 Å². The zero-order valence-electron chi connectivity index (χ0n) is 16.4. The average molecular weight is 418 g/mol. The number of halogens is 1. The van der Waals surface area contributed by atoms with Crippen LogP contribution in [0.5, 0.6) is 0 Å². The molecule has 0 amide bonds. The molecule has 0 radical (unpaired) electrons. The van der Waals surface area contributed by atoms with Gasteiger partial charge >= 0.3 is 0 Å². The molecule has 0 saturated heterocycles. The molecule has 1 aromatic carbocycles. The fourth-order valence-electron chi connectivity index (χ4n) is 4.32. The van der Waals surface area contributed by atoms with Gasteiger partial charge in [0.05, 0.1) is 23.3 Å². The summed E-state index contributed by atoms with van der Waals surface area (Å²) in [5, 5.41) is 10.7. The van der Waals surface area contributed by atoms with Gasteiger partial charge in [0.15, 0.2) is 5.82 Å². The lowest BCUT2D eigenvalue weighted by molar-refractivity contribution is 0.279. The van der Waals surface area contributed by atoms with E-state index < -0.39 is 6.04 Å². The molecule has 0 aliphatic heterocycles. The van der Waals surface area contributed by atoms with E-state index in [1.54, 1.807) is 24.4 Å². The minimum Gasteiger partial charge on any atom is -0.327 e. The largest absolute Gasteiger partial charge is 0.327 e. The van der Waals surface area contributed by atoms with Gasteiger partial charge < -0.3 is 10.3 Å². The number of rotatable bonds is 4. The zero-order valence-corrected chi connectivity index (χ0v) is 16.4. The third kappa shape index (κ3) is 3.29. The van der Waals surface area contributed by atoms with Gasteiger partial charge in [-0.05, 0) is 43.0 Å². The van der Waals surface area contributed by atoms with Crippen LogP contribution in [-0.4, -0.2) is 41.8 Å². The number of aromatic nitrogens is 6. The normalized spacial score (nSPS) is 21.2. The van der Waals surface area contributed by atoms with E-state index in [9.17, 15) is 4.39 Å². The maximum Gasteiger partial charge on any atom is 0.174 e. The number of nitrogens with one attached hydrogen (secondary N) is 1. The van der Waals surface area contributed by atoms with Gasteiger partial charge in [0.1, 0.15) is 29.2 Å². The first kappa shape index (κ1) is 19.2. The number of aromatic amines is 1. The van der Waals surface area contributed by atoms with Gasteiger partial charge in [0, 0.05) is 17.0 Å². The standard InChI is InChI=1S/C20H19FN10/c21-12-5-2-1-4-11(12)20-27-15-9-24-14(19-25-10-26-29-19)8-17(15)31(20)16-7-3-6-13(22)18(16)28-30-23/h1-2,4-5,8-10,13,16,18H,3,6-7,22H2,(H,25,26,29)/t13-,16+,18-/m0/s1. The number of nitrogens with two attached hydrogens (primary N) is 1. The number of nitrogens with zero attached hydrogens (tertiary/aromatic N) is 8. The third-order valence-electron chi connectivity index (χ3n) is 5.74.